The molecule has 0 aliphatic rings. The van der Waals surface area contributed by atoms with Crippen LogP contribution in [0.2, 0.25) is 5.02 Å². The Kier molecular flexibility index (Phi) is 5.59. The van der Waals surface area contributed by atoms with Crippen LogP contribution in [0.15, 0.2) is 41.1 Å². The van der Waals surface area contributed by atoms with Crippen molar-refractivity contribution in [3.63, 3.8) is 0 Å². The Morgan fingerprint density at radius 2 is 2.15 bits per heavy atom. The van der Waals surface area contributed by atoms with Gasteiger partial charge in [0.1, 0.15) is 0 Å². The Morgan fingerprint density at radius 3 is 2.88 bits per heavy atom. The smallest absolute Gasteiger partial charge is 0.330 e. The van der Waals surface area contributed by atoms with Crippen LogP contribution >= 0.6 is 22.9 Å². The van der Waals surface area contributed by atoms with Crippen molar-refractivity contribution in [1.82, 2.24) is 20.2 Å². The number of nitrogens with zero attached hydrogens (tertiary/aromatic N) is 4. The molecule has 0 unspecified atom stereocenters. The SMILES string of the molecule is C[C@H](OC(=O)Cn1nnc(-c2ccsc2)n1)C(=O)Nc1ccccc1Cl. The number of nitrogens with one attached hydrogen (secondary N) is 1. The monoisotopic (exact) mass is 391 g/mol. The van der Waals surface area contributed by atoms with Crippen LogP contribution in [-0.4, -0.2) is 38.2 Å². The van der Waals surface area contributed by atoms with Crippen molar-refractivity contribution < 1.29 is 14.3 Å². The molecule has 1 atom stereocenters. The van der Waals surface area contributed by atoms with E-state index in [1.807, 2.05) is 16.8 Å². The van der Waals surface area contributed by atoms with Crippen LogP contribution in [0.25, 0.3) is 11.4 Å². The molecule has 1 N–H and O–H groups in total. The molecular weight excluding hydrogens is 378 g/mol. The normalized spacial score (nSPS) is 11.8. The Bertz CT molecular complexity index is 912. The highest BCUT2D eigenvalue weighted by Gasteiger charge is 2.20. The van der Waals surface area contributed by atoms with Crippen LogP contribution in [0.1, 0.15) is 6.92 Å². The Hall–Kier alpha value is -2.78. The van der Waals surface area contributed by atoms with Gasteiger partial charge < -0.3 is 10.1 Å². The molecule has 0 spiro atoms. The van der Waals surface area contributed by atoms with E-state index in [2.05, 4.69) is 20.7 Å². The van der Waals surface area contributed by atoms with Gasteiger partial charge in [-0.3, -0.25) is 4.79 Å². The summed E-state index contributed by atoms with van der Waals surface area (Å²) >= 11 is 7.49. The molecule has 8 nitrogen and oxygen atoms in total. The standard InChI is InChI=1S/C16H14ClN5O3S/c1-10(16(24)18-13-5-3-2-4-12(13)17)25-14(23)8-22-20-15(19-21-22)11-6-7-26-9-11/h2-7,9-10H,8H2,1H3,(H,18,24)/t10-/m0/s1. The largest absolute Gasteiger partial charge is 0.451 e. The Morgan fingerprint density at radius 1 is 1.35 bits per heavy atom. The highest BCUT2D eigenvalue weighted by atomic mass is 35.5. The molecule has 134 valence electrons. The van der Waals surface area contributed by atoms with Crippen LogP contribution in [0.5, 0.6) is 0 Å². The zero-order chi connectivity index (χ0) is 18.5. The number of amides is 1. The number of carbonyl (C=O) groups excluding carboxylic acids is 2. The molecule has 3 rings (SSSR count). The molecule has 2 heterocycles. The maximum absolute atomic E-state index is 12.1. The maximum Gasteiger partial charge on any atom is 0.330 e. The van der Waals surface area contributed by atoms with Crippen molar-refractivity contribution in [1.29, 1.82) is 0 Å². The lowest BCUT2D eigenvalue weighted by molar-refractivity contribution is -0.154. The summed E-state index contributed by atoms with van der Waals surface area (Å²) < 4.78 is 5.11. The van der Waals surface area contributed by atoms with Gasteiger partial charge in [0.25, 0.3) is 5.91 Å². The summed E-state index contributed by atoms with van der Waals surface area (Å²) in [6.07, 6.45) is -1.00. The van der Waals surface area contributed by atoms with Gasteiger partial charge in [0, 0.05) is 10.9 Å². The number of hydrogen-bond donors (Lipinski definition) is 1. The minimum atomic E-state index is -1.00. The lowest BCUT2D eigenvalue weighted by atomic mass is 10.3. The lowest BCUT2D eigenvalue weighted by Gasteiger charge is -2.13. The van der Waals surface area contributed by atoms with Gasteiger partial charge in [0.2, 0.25) is 5.82 Å². The first-order valence-corrected chi connectivity index (χ1v) is 8.90. The van der Waals surface area contributed by atoms with Gasteiger partial charge in [-0.2, -0.15) is 16.1 Å². The van der Waals surface area contributed by atoms with Crippen LogP contribution in [0.4, 0.5) is 5.69 Å². The first kappa shape index (κ1) is 18.0. The Labute approximate surface area is 157 Å². The second-order valence-corrected chi connectivity index (χ2v) is 6.44. The summed E-state index contributed by atoms with van der Waals surface area (Å²) in [4.78, 5) is 25.2. The molecule has 0 saturated carbocycles. The van der Waals surface area contributed by atoms with Gasteiger partial charge in [-0.1, -0.05) is 23.7 Å². The molecule has 0 aliphatic heterocycles. The number of thiophene rings is 1. The first-order valence-electron chi connectivity index (χ1n) is 7.58. The molecule has 0 radical (unpaired) electrons. The summed E-state index contributed by atoms with van der Waals surface area (Å²) in [6.45, 7) is 1.22. The van der Waals surface area contributed by atoms with Crippen LogP contribution in [0.3, 0.4) is 0 Å². The van der Waals surface area contributed by atoms with E-state index in [1.54, 1.807) is 24.3 Å². The number of carbonyl (C=O) groups is 2. The summed E-state index contributed by atoms with van der Waals surface area (Å²) in [5, 5.41) is 18.6. The van der Waals surface area contributed by atoms with Crippen molar-refractivity contribution in [3.8, 4) is 11.4 Å². The minimum Gasteiger partial charge on any atom is -0.451 e. The third-order valence-electron chi connectivity index (χ3n) is 3.31. The molecule has 2 aromatic heterocycles. The first-order chi connectivity index (χ1) is 12.5. The van der Waals surface area contributed by atoms with E-state index in [0.29, 0.717) is 16.5 Å². The topological polar surface area (TPSA) is 99.0 Å². The third-order valence-corrected chi connectivity index (χ3v) is 4.32. The van der Waals surface area contributed by atoms with E-state index in [0.717, 1.165) is 10.4 Å². The molecule has 3 aromatic rings. The van der Waals surface area contributed by atoms with Crippen LogP contribution < -0.4 is 5.32 Å². The van der Waals surface area contributed by atoms with E-state index >= 15 is 0 Å². The average Bonchev–Trinajstić information content (AvgIpc) is 3.28. The number of esters is 1. The number of aromatic nitrogens is 4. The molecule has 1 amide bonds. The minimum absolute atomic E-state index is 0.249. The fourth-order valence-electron chi connectivity index (χ4n) is 2.02. The number of para-hydroxylation sites is 1. The fourth-order valence-corrected chi connectivity index (χ4v) is 2.84. The van der Waals surface area contributed by atoms with Gasteiger partial charge in [0.05, 0.1) is 10.7 Å². The van der Waals surface area contributed by atoms with Gasteiger partial charge >= 0.3 is 5.97 Å². The number of benzene rings is 1. The van der Waals surface area contributed by atoms with E-state index in [9.17, 15) is 9.59 Å². The van der Waals surface area contributed by atoms with E-state index < -0.39 is 18.0 Å². The molecule has 0 bridgehead atoms. The molecule has 26 heavy (non-hydrogen) atoms. The van der Waals surface area contributed by atoms with Crippen molar-refractivity contribution in [2.75, 3.05) is 5.32 Å². The van der Waals surface area contributed by atoms with E-state index in [1.165, 1.54) is 18.3 Å². The second kappa shape index (κ2) is 8.07. The molecule has 1 aromatic carbocycles. The number of ether oxygens (including phenoxy) is 1. The molecule has 0 fully saturated rings. The molecule has 0 aliphatic carbocycles. The van der Waals surface area contributed by atoms with E-state index in [-0.39, 0.29) is 6.54 Å². The van der Waals surface area contributed by atoms with Crippen molar-refractivity contribution in [2.24, 2.45) is 0 Å². The zero-order valence-electron chi connectivity index (χ0n) is 13.6. The highest BCUT2D eigenvalue weighted by molar-refractivity contribution is 7.08. The number of tetrazole rings is 1. The summed E-state index contributed by atoms with van der Waals surface area (Å²) in [5.41, 5.74) is 1.27. The lowest BCUT2D eigenvalue weighted by Crippen LogP contribution is -2.31. The number of rotatable bonds is 6. The summed E-state index contributed by atoms with van der Waals surface area (Å²) in [5.74, 6) is -0.721. The third kappa shape index (κ3) is 4.44. The quantitative estimate of drug-likeness (QED) is 0.648. The van der Waals surface area contributed by atoms with Crippen LogP contribution in [0, 0.1) is 0 Å². The predicted molar refractivity (Wildman–Crippen MR) is 96.8 cm³/mol. The van der Waals surface area contributed by atoms with Gasteiger partial charge in [0.15, 0.2) is 12.6 Å². The summed E-state index contributed by atoms with van der Waals surface area (Å²) in [7, 11) is 0. The van der Waals surface area contributed by atoms with E-state index in [4.69, 9.17) is 16.3 Å². The zero-order valence-corrected chi connectivity index (χ0v) is 15.2. The molecule has 10 heteroatoms. The number of hydrogen-bond acceptors (Lipinski definition) is 7. The molecule has 0 saturated heterocycles. The average molecular weight is 392 g/mol. The Balaban J connectivity index is 1.54. The number of halogens is 1. The van der Waals surface area contributed by atoms with Crippen molar-refractivity contribution >= 4 is 40.5 Å². The van der Waals surface area contributed by atoms with Gasteiger partial charge in [-0.15, -0.1) is 10.2 Å². The maximum atomic E-state index is 12.1. The fraction of sp³-hybridized carbons (Fsp3) is 0.188. The summed E-state index contributed by atoms with van der Waals surface area (Å²) in [6, 6.07) is 8.64. The second-order valence-electron chi connectivity index (χ2n) is 5.26. The van der Waals surface area contributed by atoms with Crippen LogP contribution in [-0.2, 0) is 20.9 Å². The molecular formula is C16H14ClN5O3S. The van der Waals surface area contributed by atoms with Gasteiger partial charge in [-0.05, 0) is 35.7 Å². The number of anilines is 1. The highest BCUT2D eigenvalue weighted by Crippen LogP contribution is 2.20. The van der Waals surface area contributed by atoms with Gasteiger partial charge in [-0.25, -0.2) is 4.79 Å². The van der Waals surface area contributed by atoms with Crippen molar-refractivity contribution in [3.05, 3.63) is 46.1 Å². The predicted octanol–water partition coefficient (Wildman–Crippen LogP) is 2.63. The van der Waals surface area contributed by atoms with Crippen molar-refractivity contribution in [2.45, 2.75) is 19.6 Å².